The molecule has 90 valence electrons. The smallest absolute Gasteiger partial charge is 0.220 e. The quantitative estimate of drug-likeness (QED) is 0.833. The minimum absolute atomic E-state index is 0.152. The molecule has 0 atom stereocenters. The van der Waals surface area contributed by atoms with Gasteiger partial charge >= 0.3 is 0 Å². The standard InChI is InChI=1S/C12H20N2O2/c1-12(2,3)16-8-11-14-10(7-15-11)6-13-9-4-5-9/h7,9,13H,4-6,8H2,1-3H3. The molecule has 1 aliphatic carbocycles. The Morgan fingerprint density at radius 3 is 2.88 bits per heavy atom. The van der Waals surface area contributed by atoms with E-state index in [1.807, 2.05) is 20.8 Å². The number of hydrogen-bond donors (Lipinski definition) is 1. The molecule has 4 heteroatoms. The summed E-state index contributed by atoms with van der Waals surface area (Å²) in [7, 11) is 0. The zero-order valence-corrected chi connectivity index (χ0v) is 10.2. The summed E-state index contributed by atoms with van der Waals surface area (Å²) in [6, 6.07) is 0.700. The molecule has 1 aliphatic rings. The van der Waals surface area contributed by atoms with E-state index in [0.29, 0.717) is 18.5 Å². The van der Waals surface area contributed by atoms with Crippen LogP contribution in [0, 0.1) is 0 Å². The Balaban J connectivity index is 1.77. The minimum Gasteiger partial charge on any atom is -0.446 e. The summed E-state index contributed by atoms with van der Waals surface area (Å²) in [5, 5.41) is 3.40. The Morgan fingerprint density at radius 2 is 2.25 bits per heavy atom. The van der Waals surface area contributed by atoms with Crippen molar-refractivity contribution >= 4 is 0 Å². The van der Waals surface area contributed by atoms with Gasteiger partial charge in [0.2, 0.25) is 5.89 Å². The molecular weight excluding hydrogens is 204 g/mol. The van der Waals surface area contributed by atoms with E-state index in [9.17, 15) is 0 Å². The van der Waals surface area contributed by atoms with Crippen LogP contribution in [0.25, 0.3) is 0 Å². The highest BCUT2D eigenvalue weighted by Crippen LogP contribution is 2.19. The molecule has 1 aromatic rings. The largest absolute Gasteiger partial charge is 0.446 e. The number of nitrogens with zero attached hydrogens (tertiary/aromatic N) is 1. The predicted octanol–water partition coefficient (Wildman–Crippen LogP) is 2.24. The molecule has 1 N–H and O–H groups in total. The third kappa shape index (κ3) is 3.94. The van der Waals surface area contributed by atoms with E-state index in [-0.39, 0.29) is 5.60 Å². The zero-order valence-electron chi connectivity index (χ0n) is 10.2. The summed E-state index contributed by atoms with van der Waals surface area (Å²) < 4.78 is 10.9. The number of ether oxygens (including phenoxy) is 1. The summed E-state index contributed by atoms with van der Waals surface area (Å²) in [4.78, 5) is 4.36. The van der Waals surface area contributed by atoms with Crippen molar-refractivity contribution in [3.63, 3.8) is 0 Å². The predicted molar refractivity (Wildman–Crippen MR) is 60.9 cm³/mol. The molecule has 0 aliphatic heterocycles. The first-order valence-corrected chi connectivity index (χ1v) is 5.83. The molecule has 1 fully saturated rings. The summed E-state index contributed by atoms with van der Waals surface area (Å²) in [6.45, 7) is 7.29. The van der Waals surface area contributed by atoms with Gasteiger partial charge < -0.3 is 14.5 Å². The van der Waals surface area contributed by atoms with Crippen LogP contribution >= 0.6 is 0 Å². The SMILES string of the molecule is CC(C)(C)OCc1nc(CNC2CC2)co1. The van der Waals surface area contributed by atoms with Crippen molar-refractivity contribution in [3.8, 4) is 0 Å². The van der Waals surface area contributed by atoms with Gasteiger partial charge in [0, 0.05) is 12.6 Å². The van der Waals surface area contributed by atoms with Gasteiger partial charge in [0.1, 0.15) is 12.9 Å². The maximum atomic E-state index is 5.59. The number of aromatic nitrogens is 1. The molecule has 0 spiro atoms. The lowest BCUT2D eigenvalue weighted by molar-refractivity contribution is -0.0243. The lowest BCUT2D eigenvalue weighted by Crippen LogP contribution is -2.19. The van der Waals surface area contributed by atoms with E-state index in [4.69, 9.17) is 9.15 Å². The van der Waals surface area contributed by atoms with Crippen molar-refractivity contribution in [1.29, 1.82) is 0 Å². The number of rotatable bonds is 5. The average molecular weight is 224 g/mol. The van der Waals surface area contributed by atoms with Crippen LogP contribution in [-0.2, 0) is 17.9 Å². The topological polar surface area (TPSA) is 47.3 Å². The Hall–Kier alpha value is -0.870. The Kier molecular flexibility index (Phi) is 3.30. The van der Waals surface area contributed by atoms with Crippen molar-refractivity contribution in [3.05, 3.63) is 17.8 Å². The summed E-state index contributed by atoms with van der Waals surface area (Å²) in [6.07, 6.45) is 4.28. The highest BCUT2D eigenvalue weighted by atomic mass is 16.5. The number of oxazole rings is 1. The molecule has 2 rings (SSSR count). The lowest BCUT2D eigenvalue weighted by Gasteiger charge is -2.17. The van der Waals surface area contributed by atoms with Crippen molar-refractivity contribution in [2.75, 3.05) is 0 Å². The van der Waals surface area contributed by atoms with E-state index in [2.05, 4.69) is 10.3 Å². The van der Waals surface area contributed by atoms with Crippen LogP contribution in [0.4, 0.5) is 0 Å². The molecule has 0 unspecified atom stereocenters. The Bertz CT molecular complexity index is 337. The molecule has 0 amide bonds. The maximum absolute atomic E-state index is 5.59. The second-order valence-corrected chi connectivity index (χ2v) is 5.29. The monoisotopic (exact) mass is 224 g/mol. The lowest BCUT2D eigenvalue weighted by atomic mass is 10.2. The molecule has 0 bridgehead atoms. The van der Waals surface area contributed by atoms with Crippen LogP contribution in [0.2, 0.25) is 0 Å². The van der Waals surface area contributed by atoms with Crippen LogP contribution < -0.4 is 5.32 Å². The van der Waals surface area contributed by atoms with E-state index in [1.165, 1.54) is 12.8 Å². The maximum Gasteiger partial charge on any atom is 0.220 e. The first kappa shape index (κ1) is 11.6. The third-order valence-corrected chi connectivity index (χ3v) is 2.38. The van der Waals surface area contributed by atoms with Crippen molar-refractivity contribution in [2.24, 2.45) is 0 Å². The molecule has 1 aromatic heterocycles. The molecule has 1 saturated carbocycles. The van der Waals surface area contributed by atoms with Crippen LogP contribution in [0.3, 0.4) is 0 Å². The van der Waals surface area contributed by atoms with E-state index >= 15 is 0 Å². The molecule has 4 nitrogen and oxygen atoms in total. The number of nitrogens with one attached hydrogen (secondary N) is 1. The first-order valence-electron chi connectivity index (χ1n) is 5.83. The highest BCUT2D eigenvalue weighted by molar-refractivity contribution is 4.97. The third-order valence-electron chi connectivity index (χ3n) is 2.38. The van der Waals surface area contributed by atoms with Gasteiger partial charge in [0.25, 0.3) is 0 Å². The second-order valence-electron chi connectivity index (χ2n) is 5.29. The Morgan fingerprint density at radius 1 is 1.50 bits per heavy atom. The van der Waals surface area contributed by atoms with Gasteiger partial charge in [-0.25, -0.2) is 4.98 Å². The minimum atomic E-state index is -0.152. The van der Waals surface area contributed by atoms with Crippen LogP contribution in [0.1, 0.15) is 45.2 Å². The summed E-state index contributed by atoms with van der Waals surface area (Å²) in [5.41, 5.74) is 0.806. The van der Waals surface area contributed by atoms with Gasteiger partial charge in [-0.1, -0.05) is 0 Å². The fourth-order valence-electron chi connectivity index (χ4n) is 1.31. The van der Waals surface area contributed by atoms with E-state index in [1.54, 1.807) is 6.26 Å². The van der Waals surface area contributed by atoms with Gasteiger partial charge in [-0.3, -0.25) is 0 Å². The highest BCUT2D eigenvalue weighted by Gasteiger charge is 2.20. The fourth-order valence-corrected chi connectivity index (χ4v) is 1.31. The van der Waals surface area contributed by atoms with Crippen LogP contribution in [0.15, 0.2) is 10.7 Å². The van der Waals surface area contributed by atoms with Gasteiger partial charge in [0.15, 0.2) is 0 Å². The zero-order chi connectivity index (χ0) is 11.6. The fraction of sp³-hybridized carbons (Fsp3) is 0.750. The summed E-state index contributed by atoms with van der Waals surface area (Å²) in [5.74, 6) is 0.655. The summed E-state index contributed by atoms with van der Waals surface area (Å²) >= 11 is 0. The van der Waals surface area contributed by atoms with Crippen LogP contribution in [0.5, 0.6) is 0 Å². The van der Waals surface area contributed by atoms with E-state index < -0.39 is 0 Å². The average Bonchev–Trinajstić information content (AvgIpc) is 2.91. The first-order chi connectivity index (χ1) is 7.53. The van der Waals surface area contributed by atoms with Gasteiger partial charge in [-0.15, -0.1) is 0 Å². The molecule has 0 saturated heterocycles. The molecule has 0 radical (unpaired) electrons. The van der Waals surface area contributed by atoms with Gasteiger partial charge in [0.05, 0.1) is 11.3 Å². The molecule has 0 aromatic carbocycles. The molecular formula is C12H20N2O2. The van der Waals surface area contributed by atoms with Crippen molar-refractivity contribution < 1.29 is 9.15 Å². The van der Waals surface area contributed by atoms with Gasteiger partial charge in [-0.05, 0) is 33.6 Å². The molecule has 1 heterocycles. The number of hydrogen-bond acceptors (Lipinski definition) is 4. The van der Waals surface area contributed by atoms with E-state index in [0.717, 1.165) is 12.2 Å². The molecule has 16 heavy (non-hydrogen) atoms. The van der Waals surface area contributed by atoms with Crippen LogP contribution in [-0.4, -0.2) is 16.6 Å². The Labute approximate surface area is 96.4 Å². The second kappa shape index (κ2) is 4.55. The van der Waals surface area contributed by atoms with Crippen molar-refractivity contribution in [2.45, 2.75) is 58.4 Å². The normalized spacial score (nSPS) is 16.7. The van der Waals surface area contributed by atoms with Crippen molar-refractivity contribution in [1.82, 2.24) is 10.3 Å². The van der Waals surface area contributed by atoms with Gasteiger partial charge in [-0.2, -0.15) is 0 Å².